The number of aromatic amines is 1. The molecule has 0 spiro atoms. The van der Waals surface area contributed by atoms with Crippen molar-refractivity contribution >= 4 is 16.9 Å². The van der Waals surface area contributed by atoms with E-state index < -0.39 is 18.0 Å². The number of nitrogens with one attached hydrogen (secondary N) is 2. The molecule has 3 aromatic rings. The molecule has 0 fully saturated rings. The van der Waals surface area contributed by atoms with Crippen molar-refractivity contribution in [1.29, 1.82) is 0 Å². The number of alkyl halides is 3. The third-order valence-corrected chi connectivity index (χ3v) is 5.11. The number of allylic oxidation sites excluding steroid dienone is 2. The first-order valence-electron chi connectivity index (χ1n) is 9.48. The van der Waals surface area contributed by atoms with E-state index in [1.54, 1.807) is 12.1 Å². The first-order valence-corrected chi connectivity index (χ1v) is 9.48. The summed E-state index contributed by atoms with van der Waals surface area (Å²) in [6, 6.07) is 13.8. The van der Waals surface area contributed by atoms with Gasteiger partial charge in [0.1, 0.15) is 0 Å². The molecule has 7 heteroatoms. The highest BCUT2D eigenvalue weighted by atomic mass is 19.4. The SMILES string of the molecule is O=C(C[C@@H]1C=CCC1)N[C@H](c1ccccc1)c1ccc2nc(C(F)(F)F)[nH]c2c1. The average molecular weight is 399 g/mol. The number of fused-ring (bicyclic) bond motifs is 1. The van der Waals surface area contributed by atoms with Gasteiger partial charge >= 0.3 is 6.18 Å². The molecular formula is C22H20F3N3O. The molecule has 2 N–H and O–H groups in total. The molecule has 0 unspecified atom stereocenters. The second-order valence-corrected chi connectivity index (χ2v) is 7.24. The summed E-state index contributed by atoms with van der Waals surface area (Å²) in [5.41, 5.74) is 2.06. The summed E-state index contributed by atoms with van der Waals surface area (Å²) in [5.74, 6) is -0.884. The van der Waals surface area contributed by atoms with E-state index in [9.17, 15) is 18.0 Å². The molecule has 2 atom stereocenters. The van der Waals surface area contributed by atoms with Crippen molar-refractivity contribution in [2.45, 2.75) is 31.5 Å². The molecular weight excluding hydrogens is 379 g/mol. The van der Waals surface area contributed by atoms with Crippen LogP contribution in [-0.2, 0) is 11.0 Å². The number of benzene rings is 2. The Morgan fingerprint density at radius 2 is 1.97 bits per heavy atom. The van der Waals surface area contributed by atoms with Gasteiger partial charge in [0.2, 0.25) is 11.7 Å². The van der Waals surface area contributed by atoms with Crippen molar-refractivity contribution < 1.29 is 18.0 Å². The number of carbonyl (C=O) groups is 1. The Bertz CT molecular complexity index is 1040. The van der Waals surface area contributed by atoms with E-state index in [1.807, 2.05) is 30.3 Å². The second-order valence-electron chi connectivity index (χ2n) is 7.24. The van der Waals surface area contributed by atoms with Gasteiger partial charge in [0.05, 0.1) is 17.1 Å². The Kier molecular flexibility index (Phi) is 5.13. The average Bonchev–Trinajstić information content (AvgIpc) is 3.35. The summed E-state index contributed by atoms with van der Waals surface area (Å²) < 4.78 is 38.9. The van der Waals surface area contributed by atoms with Crippen molar-refractivity contribution in [3.63, 3.8) is 0 Å². The quantitative estimate of drug-likeness (QED) is 0.584. The number of hydrogen-bond donors (Lipinski definition) is 2. The molecule has 4 nitrogen and oxygen atoms in total. The second kappa shape index (κ2) is 7.73. The normalized spacial score (nSPS) is 17.6. The molecule has 1 aromatic heterocycles. The van der Waals surface area contributed by atoms with Crippen molar-refractivity contribution in [2.24, 2.45) is 5.92 Å². The molecule has 1 amide bonds. The Morgan fingerprint density at radius 1 is 1.17 bits per heavy atom. The van der Waals surface area contributed by atoms with Crippen LogP contribution in [0.15, 0.2) is 60.7 Å². The summed E-state index contributed by atoms with van der Waals surface area (Å²) in [6.07, 6.45) is 1.94. The van der Waals surface area contributed by atoms with Gasteiger partial charge in [-0.1, -0.05) is 48.6 Å². The molecule has 0 aliphatic heterocycles. The molecule has 1 aliphatic carbocycles. The monoisotopic (exact) mass is 399 g/mol. The highest BCUT2D eigenvalue weighted by Crippen LogP contribution is 2.31. The van der Waals surface area contributed by atoms with Crippen LogP contribution in [0.1, 0.15) is 42.3 Å². The zero-order valence-corrected chi connectivity index (χ0v) is 15.5. The third kappa shape index (κ3) is 4.34. The van der Waals surface area contributed by atoms with Crippen molar-refractivity contribution in [3.05, 3.63) is 77.6 Å². The minimum atomic E-state index is -4.54. The zero-order chi connectivity index (χ0) is 20.4. The van der Waals surface area contributed by atoms with Crippen LogP contribution in [0.2, 0.25) is 0 Å². The molecule has 0 radical (unpaired) electrons. The molecule has 0 saturated heterocycles. The maximum absolute atomic E-state index is 13.0. The van der Waals surface area contributed by atoms with Crippen LogP contribution in [0.5, 0.6) is 0 Å². The molecule has 150 valence electrons. The molecule has 2 aromatic carbocycles. The third-order valence-electron chi connectivity index (χ3n) is 5.11. The fraction of sp³-hybridized carbons (Fsp3) is 0.273. The Balaban J connectivity index is 1.65. The lowest BCUT2D eigenvalue weighted by Crippen LogP contribution is -2.30. The number of nitrogens with zero attached hydrogens (tertiary/aromatic N) is 1. The molecule has 29 heavy (non-hydrogen) atoms. The summed E-state index contributed by atoms with van der Waals surface area (Å²) in [7, 11) is 0. The minimum absolute atomic E-state index is 0.0870. The lowest BCUT2D eigenvalue weighted by molar-refractivity contribution is -0.144. The van der Waals surface area contributed by atoms with E-state index in [-0.39, 0.29) is 22.9 Å². The summed E-state index contributed by atoms with van der Waals surface area (Å²) >= 11 is 0. The summed E-state index contributed by atoms with van der Waals surface area (Å²) in [6.45, 7) is 0. The molecule has 0 bridgehead atoms. The van der Waals surface area contributed by atoms with Gasteiger partial charge in [-0.05, 0) is 42.0 Å². The van der Waals surface area contributed by atoms with E-state index in [2.05, 4.69) is 27.4 Å². The minimum Gasteiger partial charge on any atom is -0.345 e. The van der Waals surface area contributed by atoms with Gasteiger partial charge < -0.3 is 10.3 Å². The number of carbonyl (C=O) groups excluding carboxylic acids is 1. The largest absolute Gasteiger partial charge is 0.449 e. The highest BCUT2D eigenvalue weighted by Gasteiger charge is 2.34. The lowest BCUT2D eigenvalue weighted by atomic mass is 9.97. The van der Waals surface area contributed by atoms with E-state index in [1.165, 1.54) is 6.07 Å². The van der Waals surface area contributed by atoms with Crippen molar-refractivity contribution in [1.82, 2.24) is 15.3 Å². The number of amides is 1. The standard InChI is InChI=1S/C22H20F3N3O/c23-22(24,25)21-26-17-11-10-16(13-18(17)27-21)20(15-8-2-1-3-9-15)28-19(29)12-14-6-4-5-7-14/h1-4,6,8-11,13-14,20H,5,7,12H2,(H,26,27)(H,28,29)/t14-,20-/m1/s1. The van der Waals surface area contributed by atoms with E-state index in [0.29, 0.717) is 12.0 Å². The van der Waals surface area contributed by atoms with Gasteiger partial charge in [0.25, 0.3) is 0 Å². The van der Waals surface area contributed by atoms with Crippen LogP contribution in [0.4, 0.5) is 13.2 Å². The van der Waals surface area contributed by atoms with Gasteiger partial charge in [-0.25, -0.2) is 4.98 Å². The summed E-state index contributed by atoms with van der Waals surface area (Å²) in [4.78, 5) is 18.6. The molecule has 1 aliphatic rings. The lowest BCUT2D eigenvalue weighted by Gasteiger charge is -2.21. The van der Waals surface area contributed by atoms with Gasteiger partial charge in [0, 0.05) is 6.42 Å². The highest BCUT2D eigenvalue weighted by molar-refractivity contribution is 5.79. The first kappa shape index (κ1) is 19.2. The van der Waals surface area contributed by atoms with Crippen LogP contribution >= 0.6 is 0 Å². The number of halogens is 3. The molecule has 1 heterocycles. The van der Waals surface area contributed by atoms with Crippen LogP contribution < -0.4 is 5.32 Å². The predicted molar refractivity (Wildman–Crippen MR) is 104 cm³/mol. The Labute approximate surface area is 165 Å². The number of hydrogen-bond acceptors (Lipinski definition) is 2. The maximum atomic E-state index is 13.0. The molecule has 4 rings (SSSR count). The maximum Gasteiger partial charge on any atom is 0.449 e. The first-order chi connectivity index (χ1) is 13.9. The van der Waals surface area contributed by atoms with Gasteiger partial charge in [-0.3, -0.25) is 4.79 Å². The number of aromatic nitrogens is 2. The smallest absolute Gasteiger partial charge is 0.345 e. The van der Waals surface area contributed by atoms with Crippen LogP contribution in [0.3, 0.4) is 0 Å². The fourth-order valence-electron chi connectivity index (χ4n) is 3.67. The zero-order valence-electron chi connectivity index (χ0n) is 15.5. The van der Waals surface area contributed by atoms with Gasteiger partial charge in [-0.2, -0.15) is 13.2 Å². The van der Waals surface area contributed by atoms with E-state index in [4.69, 9.17) is 0 Å². The van der Waals surface area contributed by atoms with Gasteiger partial charge in [0.15, 0.2) is 0 Å². The number of imidazole rings is 1. The number of H-pyrrole nitrogens is 1. The molecule has 0 saturated carbocycles. The fourth-order valence-corrected chi connectivity index (χ4v) is 3.67. The Morgan fingerprint density at radius 3 is 2.66 bits per heavy atom. The van der Waals surface area contributed by atoms with Crippen molar-refractivity contribution in [3.8, 4) is 0 Å². The van der Waals surface area contributed by atoms with E-state index >= 15 is 0 Å². The predicted octanol–water partition coefficient (Wildman–Crippen LogP) is 5.14. The van der Waals surface area contributed by atoms with Crippen LogP contribution in [-0.4, -0.2) is 15.9 Å². The van der Waals surface area contributed by atoms with Crippen LogP contribution in [0, 0.1) is 5.92 Å². The number of rotatable bonds is 5. The topological polar surface area (TPSA) is 57.8 Å². The van der Waals surface area contributed by atoms with Crippen LogP contribution in [0.25, 0.3) is 11.0 Å². The van der Waals surface area contributed by atoms with Gasteiger partial charge in [-0.15, -0.1) is 0 Å². The van der Waals surface area contributed by atoms with Crippen molar-refractivity contribution in [2.75, 3.05) is 0 Å². The summed E-state index contributed by atoms with van der Waals surface area (Å²) in [5, 5.41) is 3.05. The Hall–Kier alpha value is -3.09. The van der Waals surface area contributed by atoms with E-state index in [0.717, 1.165) is 18.4 Å².